The van der Waals surface area contributed by atoms with Gasteiger partial charge >= 0.3 is 126 Å². The Morgan fingerprint density at radius 3 is 1.67 bits per heavy atom. The van der Waals surface area contributed by atoms with Crippen LogP contribution in [-0.2, 0) is 4.57 Å². The van der Waals surface area contributed by atoms with Gasteiger partial charge < -0.3 is 4.52 Å². The van der Waals surface area contributed by atoms with E-state index in [1.807, 2.05) is 0 Å². The van der Waals surface area contributed by atoms with Crippen molar-refractivity contribution in [2.45, 2.75) is 0 Å². The summed E-state index contributed by atoms with van der Waals surface area (Å²) in [4.78, 5) is 16.7. The summed E-state index contributed by atoms with van der Waals surface area (Å²) in [5, 5.41) is 0. The number of hydrogen-bond donors (Lipinski definition) is 2. The van der Waals surface area contributed by atoms with Gasteiger partial charge in [0.2, 0.25) is 0 Å². The summed E-state index contributed by atoms with van der Waals surface area (Å²) in [6.07, 6.45) is 0. The fourth-order valence-corrected chi connectivity index (χ4v) is 1.02. The standard InChI is InChI=1S/C6H7O4P.4Na.4H/c7-11(8,9)10-6-4-2-1-3-5-6;;;;;;;;/h1-5H,(H2,7,8,9);;;;;;;;. The summed E-state index contributed by atoms with van der Waals surface area (Å²) in [6.45, 7) is 0. The van der Waals surface area contributed by atoms with E-state index in [0.29, 0.717) is 0 Å². The zero-order chi connectivity index (χ0) is 8.32. The van der Waals surface area contributed by atoms with Gasteiger partial charge in [0.1, 0.15) is 5.75 Å². The van der Waals surface area contributed by atoms with Crippen LogP contribution in [0.2, 0.25) is 0 Å². The molecule has 0 amide bonds. The zero-order valence-electron chi connectivity index (χ0n) is 5.54. The first-order valence-corrected chi connectivity index (χ1v) is 4.41. The van der Waals surface area contributed by atoms with Gasteiger partial charge in [0.05, 0.1) is 0 Å². The van der Waals surface area contributed by atoms with Crippen molar-refractivity contribution in [3.8, 4) is 5.75 Å². The Balaban J connectivity index is -0.000000151. The van der Waals surface area contributed by atoms with Gasteiger partial charge in [-0.1, -0.05) is 18.2 Å². The van der Waals surface area contributed by atoms with Crippen LogP contribution in [0.5, 0.6) is 5.75 Å². The van der Waals surface area contributed by atoms with Crippen LogP contribution in [0, 0.1) is 0 Å². The van der Waals surface area contributed by atoms with Gasteiger partial charge in [-0.2, -0.15) is 0 Å². The van der Waals surface area contributed by atoms with E-state index < -0.39 is 7.82 Å². The molecule has 0 aromatic heterocycles. The van der Waals surface area contributed by atoms with Crippen LogP contribution in [0.4, 0.5) is 0 Å². The Hall–Kier alpha value is 3.17. The molecule has 0 fully saturated rings. The molecular formula is C6H11Na4O4P. The molecule has 4 nitrogen and oxygen atoms in total. The van der Waals surface area contributed by atoms with E-state index in [0.717, 1.165) is 0 Å². The van der Waals surface area contributed by atoms with Crippen molar-refractivity contribution >= 4 is 126 Å². The Morgan fingerprint density at radius 1 is 0.933 bits per heavy atom. The van der Waals surface area contributed by atoms with Gasteiger partial charge in [-0.15, -0.1) is 0 Å². The summed E-state index contributed by atoms with van der Waals surface area (Å²) < 4.78 is 14.5. The summed E-state index contributed by atoms with van der Waals surface area (Å²) in [6, 6.07) is 7.93. The molecule has 1 aromatic carbocycles. The Labute approximate surface area is 177 Å². The van der Waals surface area contributed by atoms with Gasteiger partial charge in [0.15, 0.2) is 0 Å². The number of phosphoric ester groups is 1. The maximum absolute atomic E-state index is 10.3. The average molecular weight is 270 g/mol. The third kappa shape index (κ3) is 15.1. The number of hydrogen-bond acceptors (Lipinski definition) is 2. The Morgan fingerprint density at radius 2 is 1.33 bits per heavy atom. The van der Waals surface area contributed by atoms with Crippen molar-refractivity contribution in [1.29, 1.82) is 0 Å². The minimum atomic E-state index is -4.39. The van der Waals surface area contributed by atoms with Crippen LogP contribution in [0.3, 0.4) is 0 Å². The van der Waals surface area contributed by atoms with E-state index in [1.165, 1.54) is 12.1 Å². The molecule has 0 heterocycles. The van der Waals surface area contributed by atoms with Gasteiger partial charge in [0, 0.05) is 0 Å². The molecule has 0 saturated carbocycles. The fraction of sp³-hybridized carbons (Fsp3) is 0. The summed E-state index contributed by atoms with van der Waals surface area (Å²) in [5.41, 5.74) is 0. The molecule has 0 saturated heterocycles. The second kappa shape index (κ2) is 13.6. The van der Waals surface area contributed by atoms with E-state index in [9.17, 15) is 4.57 Å². The maximum atomic E-state index is 10.3. The Kier molecular flexibility index (Phi) is 24.2. The normalized spacial score (nSPS) is 8.13. The number of rotatable bonds is 2. The van der Waals surface area contributed by atoms with Gasteiger partial charge in [-0.3, -0.25) is 9.79 Å². The topological polar surface area (TPSA) is 66.8 Å². The van der Waals surface area contributed by atoms with E-state index >= 15 is 0 Å². The first-order valence-electron chi connectivity index (χ1n) is 2.88. The molecule has 0 spiro atoms. The molecule has 0 atom stereocenters. The van der Waals surface area contributed by atoms with Crippen LogP contribution < -0.4 is 4.52 Å². The quantitative estimate of drug-likeness (QED) is 0.510. The van der Waals surface area contributed by atoms with Crippen molar-refractivity contribution in [3.05, 3.63) is 30.3 Å². The molecule has 2 N–H and O–H groups in total. The average Bonchev–Trinajstić information content (AvgIpc) is 1.85. The van der Waals surface area contributed by atoms with Crippen molar-refractivity contribution in [2.75, 3.05) is 0 Å². The molecule has 9 heteroatoms. The molecule has 0 unspecified atom stereocenters. The summed E-state index contributed by atoms with van der Waals surface area (Å²) in [5.74, 6) is 0.167. The van der Waals surface area contributed by atoms with Crippen molar-refractivity contribution in [3.63, 3.8) is 0 Å². The molecule has 1 aromatic rings. The number of para-hydroxylation sites is 1. The third-order valence-corrected chi connectivity index (χ3v) is 1.42. The van der Waals surface area contributed by atoms with Crippen LogP contribution >= 0.6 is 7.82 Å². The fourth-order valence-electron chi connectivity index (χ4n) is 0.619. The predicted molar refractivity (Wildman–Crippen MR) is 67.7 cm³/mol. The number of phosphoric acid groups is 1. The molecule has 0 aliphatic heterocycles. The van der Waals surface area contributed by atoms with Crippen LogP contribution in [0.15, 0.2) is 30.3 Å². The molecular weight excluding hydrogens is 259 g/mol. The molecule has 0 radical (unpaired) electrons. The molecule has 0 aliphatic rings. The minimum absolute atomic E-state index is 0. The van der Waals surface area contributed by atoms with E-state index in [2.05, 4.69) is 4.52 Å². The van der Waals surface area contributed by atoms with Crippen LogP contribution in [0.25, 0.3) is 0 Å². The molecule has 1 rings (SSSR count). The molecule has 15 heavy (non-hydrogen) atoms. The molecule has 0 aliphatic carbocycles. The van der Waals surface area contributed by atoms with E-state index in [-0.39, 0.29) is 124 Å². The van der Waals surface area contributed by atoms with Gasteiger partial charge in [-0.25, -0.2) is 4.57 Å². The zero-order valence-corrected chi connectivity index (χ0v) is 6.44. The van der Waals surface area contributed by atoms with Crippen molar-refractivity contribution in [1.82, 2.24) is 0 Å². The molecule has 0 bridgehead atoms. The van der Waals surface area contributed by atoms with Crippen molar-refractivity contribution < 1.29 is 18.9 Å². The van der Waals surface area contributed by atoms with Gasteiger partial charge in [0.25, 0.3) is 0 Å². The summed E-state index contributed by atoms with van der Waals surface area (Å²) >= 11 is 0. The van der Waals surface area contributed by atoms with E-state index in [1.54, 1.807) is 18.2 Å². The monoisotopic (exact) mass is 270 g/mol. The van der Waals surface area contributed by atoms with Crippen LogP contribution in [0.1, 0.15) is 0 Å². The Bertz CT molecular complexity index is 278. The first-order chi connectivity index (χ1) is 5.08. The van der Waals surface area contributed by atoms with Gasteiger partial charge in [-0.05, 0) is 12.1 Å². The SMILES string of the molecule is O=P(O)(O)Oc1ccccc1.[NaH].[NaH].[NaH].[NaH]. The third-order valence-electron chi connectivity index (χ3n) is 0.968. The number of benzene rings is 1. The first kappa shape index (κ1) is 26.7. The van der Waals surface area contributed by atoms with E-state index in [4.69, 9.17) is 9.79 Å². The van der Waals surface area contributed by atoms with Crippen LogP contribution in [-0.4, -0.2) is 128 Å². The second-order valence-electron chi connectivity index (χ2n) is 1.89. The predicted octanol–water partition coefficient (Wildman–Crippen LogP) is -1.44. The summed E-state index contributed by atoms with van der Waals surface area (Å²) in [7, 11) is -4.39. The second-order valence-corrected chi connectivity index (χ2v) is 3.06. The van der Waals surface area contributed by atoms with Crippen molar-refractivity contribution in [2.24, 2.45) is 0 Å². The molecule has 68 valence electrons.